The van der Waals surface area contributed by atoms with Gasteiger partial charge in [-0.15, -0.1) is 11.3 Å². The molecule has 0 aromatic carbocycles. The van der Waals surface area contributed by atoms with Crippen molar-refractivity contribution in [1.82, 2.24) is 5.32 Å². The molecule has 0 saturated carbocycles. The van der Waals surface area contributed by atoms with Gasteiger partial charge in [0.2, 0.25) is 0 Å². The second-order valence-electron chi connectivity index (χ2n) is 4.93. The summed E-state index contributed by atoms with van der Waals surface area (Å²) < 4.78 is 0. The van der Waals surface area contributed by atoms with E-state index in [9.17, 15) is 0 Å². The summed E-state index contributed by atoms with van der Waals surface area (Å²) in [5.41, 5.74) is 0. The average molecular weight is 239 g/mol. The van der Waals surface area contributed by atoms with Crippen LogP contribution in [0.3, 0.4) is 0 Å². The van der Waals surface area contributed by atoms with Gasteiger partial charge in [0, 0.05) is 10.9 Å². The maximum atomic E-state index is 3.63. The van der Waals surface area contributed by atoms with Gasteiger partial charge in [-0.2, -0.15) is 0 Å². The van der Waals surface area contributed by atoms with Crippen LogP contribution in [0.4, 0.5) is 0 Å². The second-order valence-corrected chi connectivity index (χ2v) is 5.97. The van der Waals surface area contributed by atoms with Crippen molar-refractivity contribution in [2.24, 2.45) is 11.8 Å². The highest BCUT2D eigenvalue weighted by molar-refractivity contribution is 7.09. The molecule has 1 nitrogen and oxygen atoms in total. The average Bonchev–Trinajstić information content (AvgIpc) is 2.74. The number of thiophene rings is 1. The SMILES string of the molecule is CCCNC(C)C(Cc1cccs1)C(C)C. The van der Waals surface area contributed by atoms with Crippen LogP contribution >= 0.6 is 11.3 Å². The Morgan fingerprint density at radius 3 is 2.56 bits per heavy atom. The minimum atomic E-state index is 0.613. The van der Waals surface area contributed by atoms with E-state index in [1.54, 1.807) is 0 Å². The van der Waals surface area contributed by atoms with E-state index in [2.05, 4.69) is 50.5 Å². The zero-order valence-electron chi connectivity index (χ0n) is 11.0. The minimum Gasteiger partial charge on any atom is -0.314 e. The first kappa shape index (κ1) is 13.7. The Bertz CT molecular complexity index is 266. The van der Waals surface area contributed by atoms with Crippen LogP contribution in [0.25, 0.3) is 0 Å². The van der Waals surface area contributed by atoms with Crippen molar-refractivity contribution in [3.05, 3.63) is 22.4 Å². The van der Waals surface area contributed by atoms with E-state index >= 15 is 0 Å². The van der Waals surface area contributed by atoms with Gasteiger partial charge in [0.05, 0.1) is 0 Å². The molecule has 0 amide bonds. The van der Waals surface area contributed by atoms with Crippen LogP contribution < -0.4 is 5.32 Å². The molecule has 2 unspecified atom stereocenters. The number of hydrogen-bond acceptors (Lipinski definition) is 2. The molecule has 0 aliphatic carbocycles. The van der Waals surface area contributed by atoms with Crippen molar-refractivity contribution in [1.29, 1.82) is 0 Å². The quantitative estimate of drug-likeness (QED) is 0.759. The molecule has 2 atom stereocenters. The van der Waals surface area contributed by atoms with Crippen molar-refractivity contribution < 1.29 is 0 Å². The van der Waals surface area contributed by atoms with Crippen molar-refractivity contribution in [2.45, 2.75) is 46.6 Å². The Morgan fingerprint density at radius 1 is 1.31 bits per heavy atom. The molecular formula is C14H25NS. The topological polar surface area (TPSA) is 12.0 Å². The van der Waals surface area contributed by atoms with E-state index < -0.39 is 0 Å². The number of rotatable bonds is 7. The fourth-order valence-corrected chi connectivity index (χ4v) is 2.95. The molecule has 0 bridgehead atoms. The normalized spacial score (nSPS) is 15.3. The highest BCUT2D eigenvalue weighted by Crippen LogP contribution is 2.23. The lowest BCUT2D eigenvalue weighted by Crippen LogP contribution is -2.37. The Labute approximate surface area is 104 Å². The lowest BCUT2D eigenvalue weighted by Gasteiger charge is -2.28. The van der Waals surface area contributed by atoms with Gasteiger partial charge in [-0.3, -0.25) is 0 Å². The summed E-state index contributed by atoms with van der Waals surface area (Å²) in [6.45, 7) is 10.4. The number of nitrogens with one attached hydrogen (secondary N) is 1. The molecule has 0 saturated heterocycles. The fraction of sp³-hybridized carbons (Fsp3) is 0.714. The zero-order valence-corrected chi connectivity index (χ0v) is 11.8. The van der Waals surface area contributed by atoms with E-state index in [1.165, 1.54) is 17.7 Å². The maximum Gasteiger partial charge on any atom is 0.00729 e. The molecule has 2 heteroatoms. The zero-order chi connectivity index (χ0) is 12.0. The summed E-state index contributed by atoms with van der Waals surface area (Å²) >= 11 is 1.88. The van der Waals surface area contributed by atoms with E-state index in [0.717, 1.165) is 18.4 Å². The molecule has 1 aromatic heterocycles. The maximum absolute atomic E-state index is 3.63. The van der Waals surface area contributed by atoms with Gasteiger partial charge >= 0.3 is 0 Å². The van der Waals surface area contributed by atoms with Crippen LogP contribution in [0.5, 0.6) is 0 Å². The Morgan fingerprint density at radius 2 is 2.06 bits per heavy atom. The first-order valence-corrected chi connectivity index (χ1v) is 7.28. The minimum absolute atomic E-state index is 0.613. The molecule has 1 N–H and O–H groups in total. The largest absolute Gasteiger partial charge is 0.314 e. The predicted octanol–water partition coefficient (Wildman–Crippen LogP) is 3.95. The molecule has 0 aliphatic rings. The van der Waals surface area contributed by atoms with E-state index in [4.69, 9.17) is 0 Å². The number of hydrogen-bond donors (Lipinski definition) is 1. The van der Waals surface area contributed by atoms with Gasteiger partial charge in [0.15, 0.2) is 0 Å². The first-order chi connectivity index (χ1) is 7.65. The molecule has 1 rings (SSSR count). The van der Waals surface area contributed by atoms with Crippen LogP contribution in [0.15, 0.2) is 17.5 Å². The van der Waals surface area contributed by atoms with Gasteiger partial charge < -0.3 is 5.32 Å². The lowest BCUT2D eigenvalue weighted by molar-refractivity contribution is 0.290. The molecule has 92 valence electrons. The summed E-state index contributed by atoms with van der Waals surface area (Å²) in [6, 6.07) is 5.02. The molecule has 0 aliphatic heterocycles. The summed E-state index contributed by atoms with van der Waals surface area (Å²) in [5.74, 6) is 1.48. The van der Waals surface area contributed by atoms with Gasteiger partial charge in [0.25, 0.3) is 0 Å². The molecule has 0 spiro atoms. The lowest BCUT2D eigenvalue weighted by atomic mass is 9.86. The molecule has 1 heterocycles. The smallest absolute Gasteiger partial charge is 0.00729 e. The van der Waals surface area contributed by atoms with E-state index in [0.29, 0.717) is 6.04 Å². The summed E-state index contributed by atoms with van der Waals surface area (Å²) in [6.07, 6.45) is 2.43. The molecule has 1 aromatic rings. The van der Waals surface area contributed by atoms with Crippen LogP contribution in [0.2, 0.25) is 0 Å². The fourth-order valence-electron chi connectivity index (χ4n) is 2.17. The predicted molar refractivity (Wildman–Crippen MR) is 74.1 cm³/mol. The highest BCUT2D eigenvalue weighted by Gasteiger charge is 2.20. The summed E-state index contributed by atoms with van der Waals surface area (Å²) in [5, 5.41) is 5.81. The summed E-state index contributed by atoms with van der Waals surface area (Å²) in [7, 11) is 0. The molecule has 0 fully saturated rings. The monoisotopic (exact) mass is 239 g/mol. The second kappa shape index (κ2) is 7.08. The van der Waals surface area contributed by atoms with Gasteiger partial charge in [0.1, 0.15) is 0 Å². The molecular weight excluding hydrogens is 214 g/mol. The van der Waals surface area contributed by atoms with Crippen molar-refractivity contribution in [3.8, 4) is 0 Å². The van der Waals surface area contributed by atoms with Crippen LogP contribution in [0, 0.1) is 11.8 Å². The Kier molecular flexibility index (Phi) is 6.07. The van der Waals surface area contributed by atoms with Gasteiger partial charge in [-0.1, -0.05) is 26.8 Å². The van der Waals surface area contributed by atoms with Crippen LogP contribution in [0.1, 0.15) is 39.0 Å². The van der Waals surface area contributed by atoms with E-state index in [1.807, 2.05) is 11.3 Å². The highest BCUT2D eigenvalue weighted by atomic mass is 32.1. The van der Waals surface area contributed by atoms with E-state index in [-0.39, 0.29) is 0 Å². The van der Waals surface area contributed by atoms with Crippen molar-refractivity contribution >= 4 is 11.3 Å². The third-order valence-electron chi connectivity index (χ3n) is 3.23. The Hall–Kier alpha value is -0.340. The third kappa shape index (κ3) is 4.26. The molecule has 16 heavy (non-hydrogen) atoms. The standard InChI is InChI=1S/C14H25NS/c1-5-8-15-12(4)14(11(2)3)10-13-7-6-9-16-13/h6-7,9,11-12,14-15H,5,8,10H2,1-4H3. The molecule has 0 radical (unpaired) electrons. The van der Waals surface area contributed by atoms with Crippen LogP contribution in [-0.2, 0) is 6.42 Å². The van der Waals surface area contributed by atoms with Crippen LogP contribution in [-0.4, -0.2) is 12.6 Å². The third-order valence-corrected chi connectivity index (χ3v) is 4.13. The first-order valence-electron chi connectivity index (χ1n) is 6.41. The Balaban J connectivity index is 2.53. The van der Waals surface area contributed by atoms with Gasteiger partial charge in [-0.25, -0.2) is 0 Å². The van der Waals surface area contributed by atoms with Crippen molar-refractivity contribution in [3.63, 3.8) is 0 Å². The van der Waals surface area contributed by atoms with Crippen molar-refractivity contribution in [2.75, 3.05) is 6.54 Å². The van der Waals surface area contributed by atoms with Gasteiger partial charge in [-0.05, 0) is 49.6 Å². The summed E-state index contributed by atoms with van der Waals surface area (Å²) in [4.78, 5) is 1.52.